The first-order chi connectivity index (χ1) is 14.6. The second-order valence-electron chi connectivity index (χ2n) is 9.37. The van der Waals surface area contributed by atoms with Gasteiger partial charge in [-0.3, -0.25) is 14.7 Å². The summed E-state index contributed by atoms with van der Waals surface area (Å²) in [6.07, 6.45) is 6.86. The summed E-state index contributed by atoms with van der Waals surface area (Å²) in [5.41, 5.74) is 2.28. The van der Waals surface area contributed by atoms with Gasteiger partial charge in [0.05, 0.1) is 11.8 Å². The molecule has 0 bridgehead atoms. The maximum Gasteiger partial charge on any atom is 0.225 e. The zero-order valence-corrected chi connectivity index (χ0v) is 18.8. The van der Waals surface area contributed by atoms with Crippen molar-refractivity contribution in [2.75, 3.05) is 46.4 Å². The van der Waals surface area contributed by atoms with Crippen LogP contribution < -0.4 is 0 Å². The largest absolute Gasteiger partial charge is 0.380 e. The molecule has 1 aromatic rings. The number of pyridine rings is 1. The highest BCUT2D eigenvalue weighted by molar-refractivity contribution is 5.79. The van der Waals surface area contributed by atoms with E-state index in [-0.39, 0.29) is 12.0 Å². The van der Waals surface area contributed by atoms with Crippen molar-refractivity contribution in [3.8, 4) is 0 Å². The van der Waals surface area contributed by atoms with Crippen LogP contribution in [0.15, 0.2) is 18.2 Å². The number of carbonyl (C=O) groups excluding carboxylic acids is 1. The normalized spacial score (nSPS) is 25.5. The van der Waals surface area contributed by atoms with Crippen LogP contribution in [0.2, 0.25) is 0 Å². The van der Waals surface area contributed by atoms with Gasteiger partial charge in [0.25, 0.3) is 0 Å². The lowest BCUT2D eigenvalue weighted by atomic mass is 9.91. The third kappa shape index (κ3) is 5.40. The number of piperidine rings is 3. The Labute approximate surface area is 181 Å². The zero-order valence-electron chi connectivity index (χ0n) is 18.8. The highest BCUT2D eigenvalue weighted by atomic mass is 16.5. The molecule has 1 amide bonds. The molecular weight excluding hydrogens is 376 g/mol. The summed E-state index contributed by atoms with van der Waals surface area (Å²) >= 11 is 0. The number of methoxy groups -OCH3 is 1. The van der Waals surface area contributed by atoms with E-state index in [2.05, 4.69) is 44.8 Å². The van der Waals surface area contributed by atoms with Gasteiger partial charge in [-0.15, -0.1) is 0 Å². The van der Waals surface area contributed by atoms with Crippen LogP contribution in [0.3, 0.4) is 0 Å². The van der Waals surface area contributed by atoms with Gasteiger partial charge < -0.3 is 14.5 Å². The monoisotopic (exact) mass is 414 g/mol. The van der Waals surface area contributed by atoms with Gasteiger partial charge in [0.2, 0.25) is 5.91 Å². The Morgan fingerprint density at radius 2 is 1.83 bits per heavy atom. The van der Waals surface area contributed by atoms with E-state index in [1.165, 1.54) is 18.5 Å². The first-order valence-corrected chi connectivity index (χ1v) is 11.8. The number of hydrogen-bond donors (Lipinski definition) is 0. The number of aryl methyl sites for hydroxylation is 1. The Bertz CT molecular complexity index is 696. The molecule has 0 spiro atoms. The number of carbonyl (C=O) groups is 1. The predicted molar refractivity (Wildman–Crippen MR) is 118 cm³/mol. The van der Waals surface area contributed by atoms with Gasteiger partial charge in [0, 0.05) is 57.5 Å². The minimum Gasteiger partial charge on any atom is -0.380 e. The van der Waals surface area contributed by atoms with Crippen molar-refractivity contribution in [1.29, 1.82) is 0 Å². The first-order valence-electron chi connectivity index (χ1n) is 11.8. The van der Waals surface area contributed by atoms with E-state index in [0.29, 0.717) is 11.9 Å². The fourth-order valence-electron chi connectivity index (χ4n) is 5.46. The molecule has 3 fully saturated rings. The molecule has 3 aliphatic rings. The summed E-state index contributed by atoms with van der Waals surface area (Å²) in [6, 6.07) is 6.98. The molecule has 0 aliphatic carbocycles. The average molecular weight is 415 g/mol. The van der Waals surface area contributed by atoms with Gasteiger partial charge in [0.1, 0.15) is 0 Å². The zero-order chi connectivity index (χ0) is 20.9. The third-order valence-corrected chi connectivity index (χ3v) is 7.31. The van der Waals surface area contributed by atoms with Gasteiger partial charge in [-0.05, 0) is 70.7 Å². The Morgan fingerprint density at radius 3 is 2.53 bits per heavy atom. The Kier molecular flexibility index (Phi) is 7.39. The number of hydrogen-bond acceptors (Lipinski definition) is 5. The fourth-order valence-corrected chi connectivity index (χ4v) is 5.46. The van der Waals surface area contributed by atoms with E-state index < -0.39 is 0 Å². The van der Waals surface area contributed by atoms with Crippen LogP contribution in [0.25, 0.3) is 0 Å². The maximum absolute atomic E-state index is 13.0. The lowest BCUT2D eigenvalue weighted by Gasteiger charge is -2.42. The molecule has 0 N–H and O–H groups in total. The highest BCUT2D eigenvalue weighted by Gasteiger charge is 2.34. The van der Waals surface area contributed by atoms with Crippen molar-refractivity contribution in [1.82, 2.24) is 19.7 Å². The van der Waals surface area contributed by atoms with Crippen molar-refractivity contribution < 1.29 is 9.53 Å². The van der Waals surface area contributed by atoms with Gasteiger partial charge in [0.15, 0.2) is 0 Å². The van der Waals surface area contributed by atoms with Gasteiger partial charge in [-0.1, -0.05) is 6.07 Å². The van der Waals surface area contributed by atoms with Crippen molar-refractivity contribution in [3.63, 3.8) is 0 Å². The lowest BCUT2D eigenvalue weighted by Crippen LogP contribution is -2.51. The van der Waals surface area contributed by atoms with Crippen LogP contribution in [0.1, 0.15) is 49.9 Å². The van der Waals surface area contributed by atoms with E-state index in [1.54, 1.807) is 7.11 Å². The van der Waals surface area contributed by atoms with Gasteiger partial charge in [-0.2, -0.15) is 0 Å². The summed E-state index contributed by atoms with van der Waals surface area (Å²) in [6.45, 7) is 9.15. The molecule has 166 valence electrons. The van der Waals surface area contributed by atoms with Crippen molar-refractivity contribution in [2.45, 2.75) is 64.1 Å². The van der Waals surface area contributed by atoms with E-state index in [1.807, 2.05) is 0 Å². The Hall–Kier alpha value is -1.50. The number of ether oxygens (including phenoxy) is 1. The third-order valence-electron chi connectivity index (χ3n) is 7.31. The van der Waals surface area contributed by atoms with Crippen molar-refractivity contribution >= 4 is 5.91 Å². The smallest absolute Gasteiger partial charge is 0.225 e. The number of amides is 1. The molecule has 1 atom stereocenters. The number of likely N-dealkylation sites (tertiary alicyclic amines) is 3. The second-order valence-corrected chi connectivity index (χ2v) is 9.37. The summed E-state index contributed by atoms with van der Waals surface area (Å²) < 4.78 is 5.50. The molecule has 1 aromatic heterocycles. The molecule has 6 heteroatoms. The highest BCUT2D eigenvalue weighted by Crippen LogP contribution is 2.27. The molecule has 0 unspecified atom stereocenters. The van der Waals surface area contributed by atoms with E-state index >= 15 is 0 Å². The van der Waals surface area contributed by atoms with Gasteiger partial charge >= 0.3 is 0 Å². The number of aromatic nitrogens is 1. The Morgan fingerprint density at radius 1 is 1.07 bits per heavy atom. The molecule has 6 nitrogen and oxygen atoms in total. The molecule has 0 radical (unpaired) electrons. The standard InChI is InChI=1S/C24H38N4O2/c1-19-5-3-6-21(25-19)17-26-13-10-22(11-14-26)27-15-8-20(9-16-27)24(29)28-12-4-7-23(18-28)30-2/h3,5-6,20,22-23H,4,7-18H2,1-2H3/t23-/m1/s1. The molecule has 3 saturated heterocycles. The lowest BCUT2D eigenvalue weighted by molar-refractivity contribution is -0.141. The van der Waals surface area contributed by atoms with E-state index in [9.17, 15) is 4.79 Å². The fraction of sp³-hybridized carbons (Fsp3) is 0.750. The summed E-state index contributed by atoms with van der Waals surface area (Å²) in [5.74, 6) is 0.584. The molecule has 0 aromatic carbocycles. The van der Waals surface area contributed by atoms with E-state index in [0.717, 1.165) is 77.2 Å². The Balaban J connectivity index is 1.20. The van der Waals surface area contributed by atoms with Crippen LogP contribution in [0.5, 0.6) is 0 Å². The van der Waals surface area contributed by atoms with E-state index in [4.69, 9.17) is 4.74 Å². The minimum absolute atomic E-state index is 0.212. The molecular formula is C24H38N4O2. The molecule has 4 rings (SSSR count). The SMILES string of the molecule is CO[C@@H]1CCCN(C(=O)C2CCN(C3CCN(Cc4cccc(C)n4)CC3)CC2)C1. The molecule has 30 heavy (non-hydrogen) atoms. The maximum atomic E-state index is 13.0. The topological polar surface area (TPSA) is 48.9 Å². The molecule has 3 aliphatic heterocycles. The first kappa shape index (κ1) is 21.7. The van der Waals surface area contributed by atoms with Crippen LogP contribution in [-0.4, -0.2) is 84.1 Å². The van der Waals surface area contributed by atoms with Crippen LogP contribution in [0.4, 0.5) is 0 Å². The van der Waals surface area contributed by atoms with Crippen molar-refractivity contribution in [3.05, 3.63) is 29.6 Å². The summed E-state index contributed by atoms with van der Waals surface area (Å²) in [4.78, 5) is 24.9. The number of rotatable bonds is 5. The van der Waals surface area contributed by atoms with Crippen LogP contribution in [-0.2, 0) is 16.1 Å². The van der Waals surface area contributed by atoms with Crippen LogP contribution in [0, 0.1) is 12.8 Å². The molecule has 4 heterocycles. The van der Waals surface area contributed by atoms with Crippen LogP contribution >= 0.6 is 0 Å². The average Bonchev–Trinajstić information content (AvgIpc) is 2.79. The molecule has 0 saturated carbocycles. The predicted octanol–water partition coefficient (Wildman–Crippen LogP) is 2.70. The van der Waals surface area contributed by atoms with Crippen molar-refractivity contribution in [2.24, 2.45) is 5.92 Å². The quantitative estimate of drug-likeness (QED) is 0.741. The summed E-state index contributed by atoms with van der Waals surface area (Å²) in [5, 5.41) is 0. The van der Waals surface area contributed by atoms with Gasteiger partial charge in [-0.25, -0.2) is 0 Å². The minimum atomic E-state index is 0.212. The number of nitrogens with zero attached hydrogens (tertiary/aromatic N) is 4. The summed E-state index contributed by atoms with van der Waals surface area (Å²) in [7, 11) is 1.76. The second kappa shape index (κ2) is 10.2.